The van der Waals surface area contributed by atoms with Crippen molar-refractivity contribution in [1.29, 1.82) is 0 Å². The molecule has 0 radical (unpaired) electrons. The number of pyridine rings is 1. The van der Waals surface area contributed by atoms with E-state index in [1.807, 2.05) is 37.0 Å². The summed E-state index contributed by atoms with van der Waals surface area (Å²) in [5, 5.41) is 2.05. The van der Waals surface area contributed by atoms with Crippen molar-refractivity contribution in [3.63, 3.8) is 0 Å². The Morgan fingerprint density at radius 2 is 2.29 bits per heavy atom. The molecular weight excluding hydrogens is 232 g/mol. The Hall–Kier alpha value is -1.46. The topological polar surface area (TPSA) is 55.0 Å². The lowest BCUT2D eigenvalue weighted by Gasteiger charge is -2.21. The molecule has 90 valence electrons. The molecule has 0 saturated heterocycles. The summed E-state index contributed by atoms with van der Waals surface area (Å²) in [7, 11) is 2.01. The molecule has 17 heavy (non-hydrogen) atoms. The van der Waals surface area contributed by atoms with E-state index in [0.717, 1.165) is 23.6 Å². The Labute approximate surface area is 105 Å². The molecule has 2 N–H and O–H groups in total. The number of aromatic nitrogens is 2. The molecule has 0 aliphatic heterocycles. The minimum Gasteiger partial charge on any atom is -0.353 e. The molecule has 0 aromatic carbocycles. The van der Waals surface area contributed by atoms with Gasteiger partial charge in [-0.1, -0.05) is 6.07 Å². The molecule has 0 aliphatic rings. The average Bonchev–Trinajstić information content (AvgIpc) is 2.81. The molecule has 2 rings (SSSR count). The number of hydrogen-bond donors (Lipinski definition) is 1. The molecule has 0 amide bonds. The minimum atomic E-state index is -0.0171. The van der Waals surface area contributed by atoms with E-state index in [-0.39, 0.29) is 6.04 Å². The van der Waals surface area contributed by atoms with Crippen molar-refractivity contribution in [2.75, 3.05) is 11.9 Å². The third-order valence-electron chi connectivity index (χ3n) is 2.55. The number of nitrogens with two attached hydrogens (primary N) is 1. The van der Waals surface area contributed by atoms with Crippen molar-refractivity contribution in [3.8, 4) is 0 Å². The van der Waals surface area contributed by atoms with Gasteiger partial charge in [0.1, 0.15) is 5.82 Å². The molecule has 0 spiro atoms. The van der Waals surface area contributed by atoms with Gasteiger partial charge in [0, 0.05) is 30.2 Å². The van der Waals surface area contributed by atoms with Gasteiger partial charge in [-0.25, -0.2) is 9.97 Å². The van der Waals surface area contributed by atoms with E-state index in [1.54, 1.807) is 17.5 Å². The number of thiazole rings is 1. The highest BCUT2D eigenvalue weighted by atomic mass is 32.1. The fourth-order valence-corrected chi connectivity index (χ4v) is 2.27. The fourth-order valence-electron chi connectivity index (χ4n) is 1.72. The Kier molecular flexibility index (Phi) is 3.71. The van der Waals surface area contributed by atoms with Gasteiger partial charge in [0.05, 0.1) is 17.7 Å². The summed E-state index contributed by atoms with van der Waals surface area (Å²) in [6.07, 6.45) is 1.79. The zero-order valence-electron chi connectivity index (χ0n) is 10.00. The van der Waals surface area contributed by atoms with Crippen molar-refractivity contribution >= 4 is 17.2 Å². The molecule has 1 atom stereocenters. The summed E-state index contributed by atoms with van der Waals surface area (Å²) < 4.78 is 0. The quantitative estimate of drug-likeness (QED) is 0.901. The molecular formula is C12H16N4S. The van der Waals surface area contributed by atoms with Crippen LogP contribution in [0.5, 0.6) is 0 Å². The van der Waals surface area contributed by atoms with Crippen molar-refractivity contribution in [2.45, 2.75) is 19.5 Å². The summed E-state index contributed by atoms with van der Waals surface area (Å²) in [6, 6.07) is 3.92. The maximum absolute atomic E-state index is 5.95. The number of rotatable bonds is 4. The van der Waals surface area contributed by atoms with Gasteiger partial charge in [-0.2, -0.15) is 0 Å². The minimum absolute atomic E-state index is 0.0171. The predicted molar refractivity (Wildman–Crippen MR) is 71.1 cm³/mol. The van der Waals surface area contributed by atoms with Crippen LogP contribution in [-0.4, -0.2) is 17.0 Å². The summed E-state index contributed by atoms with van der Waals surface area (Å²) in [6.45, 7) is 2.72. The van der Waals surface area contributed by atoms with Gasteiger partial charge in [0.25, 0.3) is 0 Å². The van der Waals surface area contributed by atoms with Crippen molar-refractivity contribution in [3.05, 3.63) is 40.5 Å². The largest absolute Gasteiger partial charge is 0.353 e. The number of nitrogens with zero attached hydrogens (tertiary/aromatic N) is 3. The van der Waals surface area contributed by atoms with Crippen LogP contribution in [-0.2, 0) is 6.54 Å². The van der Waals surface area contributed by atoms with E-state index >= 15 is 0 Å². The Balaban J connectivity index is 2.21. The highest BCUT2D eigenvalue weighted by Crippen LogP contribution is 2.22. The lowest BCUT2D eigenvalue weighted by Crippen LogP contribution is -2.21. The average molecular weight is 248 g/mol. The van der Waals surface area contributed by atoms with Gasteiger partial charge in [-0.15, -0.1) is 11.3 Å². The third-order valence-corrected chi connectivity index (χ3v) is 3.19. The summed E-state index contributed by atoms with van der Waals surface area (Å²) >= 11 is 1.60. The van der Waals surface area contributed by atoms with Gasteiger partial charge < -0.3 is 10.6 Å². The van der Waals surface area contributed by atoms with Crippen LogP contribution in [0.4, 0.5) is 5.82 Å². The monoisotopic (exact) mass is 248 g/mol. The lowest BCUT2D eigenvalue weighted by molar-refractivity contribution is 0.785. The van der Waals surface area contributed by atoms with Crippen LogP contribution in [0.1, 0.15) is 24.2 Å². The Morgan fingerprint density at radius 3 is 2.94 bits per heavy atom. The predicted octanol–water partition coefficient (Wildman–Crippen LogP) is 2.19. The highest BCUT2D eigenvalue weighted by molar-refractivity contribution is 7.07. The molecule has 5 heteroatoms. The van der Waals surface area contributed by atoms with Crippen LogP contribution < -0.4 is 10.6 Å². The van der Waals surface area contributed by atoms with E-state index in [1.165, 1.54) is 0 Å². The van der Waals surface area contributed by atoms with Crippen molar-refractivity contribution in [1.82, 2.24) is 9.97 Å². The molecule has 2 aromatic heterocycles. The standard InChI is InChI=1S/C12H16N4S/c1-9(13)11-4-3-5-14-12(11)16(2)6-10-7-17-8-15-10/h3-5,7-9H,6,13H2,1-2H3/t9-/m1/s1. The highest BCUT2D eigenvalue weighted by Gasteiger charge is 2.12. The smallest absolute Gasteiger partial charge is 0.133 e. The van der Waals surface area contributed by atoms with Crippen LogP contribution >= 0.6 is 11.3 Å². The van der Waals surface area contributed by atoms with Crippen LogP contribution in [0.25, 0.3) is 0 Å². The summed E-state index contributed by atoms with van der Waals surface area (Å²) in [5.41, 5.74) is 9.90. The van der Waals surface area contributed by atoms with Crippen LogP contribution in [0.3, 0.4) is 0 Å². The third kappa shape index (κ3) is 2.81. The molecule has 0 fully saturated rings. The summed E-state index contributed by atoms with van der Waals surface area (Å²) in [5.74, 6) is 0.926. The van der Waals surface area contributed by atoms with Crippen LogP contribution in [0.2, 0.25) is 0 Å². The first-order valence-corrected chi connectivity index (χ1v) is 6.41. The van der Waals surface area contributed by atoms with Gasteiger partial charge in [-0.05, 0) is 13.0 Å². The van der Waals surface area contributed by atoms with Gasteiger partial charge in [-0.3, -0.25) is 0 Å². The second-order valence-corrected chi connectivity index (χ2v) is 4.76. The van der Waals surface area contributed by atoms with Crippen molar-refractivity contribution in [2.24, 2.45) is 5.73 Å². The van der Waals surface area contributed by atoms with E-state index in [4.69, 9.17) is 5.73 Å². The zero-order valence-corrected chi connectivity index (χ0v) is 10.8. The van der Waals surface area contributed by atoms with E-state index in [9.17, 15) is 0 Å². The van der Waals surface area contributed by atoms with E-state index in [0.29, 0.717) is 0 Å². The first-order chi connectivity index (χ1) is 8.18. The van der Waals surface area contributed by atoms with E-state index in [2.05, 4.69) is 14.9 Å². The van der Waals surface area contributed by atoms with Gasteiger partial charge in [0.15, 0.2) is 0 Å². The van der Waals surface area contributed by atoms with Crippen LogP contribution in [0.15, 0.2) is 29.2 Å². The number of anilines is 1. The fraction of sp³-hybridized carbons (Fsp3) is 0.333. The SMILES string of the molecule is C[C@@H](N)c1cccnc1N(C)Cc1cscn1. The lowest BCUT2D eigenvalue weighted by atomic mass is 10.1. The maximum atomic E-state index is 5.95. The van der Waals surface area contributed by atoms with E-state index < -0.39 is 0 Å². The molecule has 2 heterocycles. The second kappa shape index (κ2) is 5.25. The Morgan fingerprint density at radius 1 is 1.47 bits per heavy atom. The maximum Gasteiger partial charge on any atom is 0.133 e. The Bertz CT molecular complexity index is 467. The molecule has 0 bridgehead atoms. The molecule has 0 saturated carbocycles. The summed E-state index contributed by atoms with van der Waals surface area (Å²) in [4.78, 5) is 10.8. The molecule has 2 aromatic rings. The van der Waals surface area contributed by atoms with Gasteiger partial charge >= 0.3 is 0 Å². The zero-order chi connectivity index (χ0) is 12.3. The first-order valence-electron chi connectivity index (χ1n) is 5.47. The van der Waals surface area contributed by atoms with Crippen molar-refractivity contribution < 1.29 is 0 Å². The molecule has 4 nitrogen and oxygen atoms in total. The number of hydrogen-bond acceptors (Lipinski definition) is 5. The molecule has 0 aliphatic carbocycles. The van der Waals surface area contributed by atoms with Gasteiger partial charge in [0.2, 0.25) is 0 Å². The molecule has 0 unspecified atom stereocenters. The van der Waals surface area contributed by atoms with Crippen LogP contribution in [0, 0.1) is 0 Å². The normalized spacial score (nSPS) is 12.4. The first kappa shape index (κ1) is 12.0. The second-order valence-electron chi connectivity index (χ2n) is 4.04.